The van der Waals surface area contributed by atoms with Crippen molar-refractivity contribution in [2.45, 2.75) is 25.7 Å². The van der Waals surface area contributed by atoms with E-state index in [1.54, 1.807) is 43.3 Å². The minimum atomic E-state index is -3.80. The number of carbonyl (C=O) groups is 1. The van der Waals surface area contributed by atoms with Crippen molar-refractivity contribution in [3.8, 4) is 11.5 Å². The molecule has 0 bridgehead atoms. The number of rotatable bonds is 9. The van der Waals surface area contributed by atoms with Crippen LogP contribution in [0.15, 0.2) is 47.4 Å². The molecule has 0 unspecified atom stereocenters. The van der Waals surface area contributed by atoms with E-state index in [1.807, 2.05) is 13.8 Å². The van der Waals surface area contributed by atoms with Crippen LogP contribution in [-0.4, -0.2) is 45.4 Å². The average molecular weight is 407 g/mol. The minimum Gasteiger partial charge on any atom is -0.494 e. The molecule has 0 spiro atoms. The number of benzene rings is 2. The van der Waals surface area contributed by atoms with E-state index < -0.39 is 15.9 Å². The molecular formula is C20H26N2O5S. The third-order valence-corrected chi connectivity index (χ3v) is 5.77. The van der Waals surface area contributed by atoms with Crippen LogP contribution in [0, 0.1) is 6.92 Å². The lowest BCUT2D eigenvalue weighted by atomic mass is 10.2. The summed E-state index contributed by atoms with van der Waals surface area (Å²) in [5.74, 6) is 0.904. The van der Waals surface area contributed by atoms with Gasteiger partial charge in [-0.05, 0) is 68.8 Å². The Morgan fingerprint density at radius 3 is 2.25 bits per heavy atom. The summed E-state index contributed by atoms with van der Waals surface area (Å²) in [6, 6.07) is 11.5. The minimum absolute atomic E-state index is 0.116. The zero-order valence-corrected chi connectivity index (χ0v) is 17.4. The van der Waals surface area contributed by atoms with Gasteiger partial charge in [-0.3, -0.25) is 4.79 Å². The van der Waals surface area contributed by atoms with E-state index in [0.717, 1.165) is 9.87 Å². The summed E-state index contributed by atoms with van der Waals surface area (Å²) < 4.78 is 37.3. The van der Waals surface area contributed by atoms with Gasteiger partial charge in [0.2, 0.25) is 15.9 Å². The van der Waals surface area contributed by atoms with Crippen molar-refractivity contribution < 1.29 is 22.7 Å². The first kappa shape index (κ1) is 21.7. The molecule has 0 heterocycles. The first-order valence-electron chi connectivity index (χ1n) is 9.00. The maximum atomic E-state index is 12.7. The number of anilines is 1. The molecule has 2 aromatic rings. The third kappa shape index (κ3) is 5.46. The topological polar surface area (TPSA) is 84.9 Å². The summed E-state index contributed by atoms with van der Waals surface area (Å²) in [5, 5.41) is 2.68. The monoisotopic (exact) mass is 406 g/mol. The first-order valence-corrected chi connectivity index (χ1v) is 10.4. The van der Waals surface area contributed by atoms with Gasteiger partial charge in [0.05, 0.1) is 24.7 Å². The summed E-state index contributed by atoms with van der Waals surface area (Å²) in [7, 11) is -2.42. The molecule has 0 aliphatic heterocycles. The van der Waals surface area contributed by atoms with Crippen LogP contribution < -0.4 is 14.8 Å². The number of hydrogen-bond donors (Lipinski definition) is 1. The highest BCUT2D eigenvalue weighted by Gasteiger charge is 2.23. The summed E-state index contributed by atoms with van der Waals surface area (Å²) in [6.07, 6.45) is 0. The van der Waals surface area contributed by atoms with E-state index in [0.29, 0.717) is 30.4 Å². The van der Waals surface area contributed by atoms with Crippen LogP contribution >= 0.6 is 0 Å². The van der Waals surface area contributed by atoms with E-state index in [-0.39, 0.29) is 11.4 Å². The Labute approximate surface area is 166 Å². The summed E-state index contributed by atoms with van der Waals surface area (Å²) in [5.41, 5.74) is 1.28. The maximum absolute atomic E-state index is 12.7. The molecule has 0 aromatic heterocycles. The Kier molecular flexibility index (Phi) is 7.42. The molecule has 0 fully saturated rings. The lowest BCUT2D eigenvalue weighted by molar-refractivity contribution is -0.116. The number of nitrogens with zero attached hydrogens (tertiary/aromatic N) is 1. The van der Waals surface area contributed by atoms with Gasteiger partial charge in [0.1, 0.15) is 11.5 Å². The van der Waals surface area contributed by atoms with Gasteiger partial charge in [0.25, 0.3) is 0 Å². The van der Waals surface area contributed by atoms with Crippen LogP contribution in [0.1, 0.15) is 19.4 Å². The van der Waals surface area contributed by atoms with Gasteiger partial charge < -0.3 is 14.8 Å². The Morgan fingerprint density at radius 1 is 1.04 bits per heavy atom. The number of nitrogens with one attached hydrogen (secondary N) is 1. The smallest absolute Gasteiger partial charge is 0.243 e. The molecule has 7 nitrogen and oxygen atoms in total. The second-order valence-corrected chi connectivity index (χ2v) is 8.17. The summed E-state index contributed by atoms with van der Waals surface area (Å²) in [6.45, 7) is 6.28. The van der Waals surface area contributed by atoms with Crippen molar-refractivity contribution in [1.29, 1.82) is 0 Å². The Hall–Kier alpha value is -2.58. The van der Waals surface area contributed by atoms with Crippen LogP contribution in [0.2, 0.25) is 0 Å². The van der Waals surface area contributed by atoms with Gasteiger partial charge in [-0.1, -0.05) is 0 Å². The van der Waals surface area contributed by atoms with E-state index in [4.69, 9.17) is 9.47 Å². The predicted octanol–water partition coefficient (Wildman–Crippen LogP) is 3.05. The van der Waals surface area contributed by atoms with E-state index >= 15 is 0 Å². The fourth-order valence-electron chi connectivity index (χ4n) is 2.57. The Bertz CT molecular complexity index is 911. The molecule has 0 radical (unpaired) electrons. The van der Waals surface area contributed by atoms with E-state index in [2.05, 4.69) is 5.32 Å². The fraction of sp³-hybridized carbons (Fsp3) is 0.350. The lowest BCUT2D eigenvalue weighted by Gasteiger charge is -2.18. The molecule has 1 amide bonds. The zero-order valence-electron chi connectivity index (χ0n) is 16.6. The number of aryl methyl sites for hydroxylation is 1. The van der Waals surface area contributed by atoms with Gasteiger partial charge >= 0.3 is 0 Å². The predicted molar refractivity (Wildman–Crippen MR) is 108 cm³/mol. The van der Waals surface area contributed by atoms with E-state index in [9.17, 15) is 13.2 Å². The molecule has 0 atom stereocenters. The molecule has 0 saturated heterocycles. The van der Waals surface area contributed by atoms with Gasteiger partial charge in [-0.15, -0.1) is 0 Å². The molecule has 0 aliphatic carbocycles. The molecule has 2 aromatic carbocycles. The van der Waals surface area contributed by atoms with Crippen LogP contribution in [0.4, 0.5) is 5.69 Å². The molecule has 152 valence electrons. The van der Waals surface area contributed by atoms with Crippen molar-refractivity contribution in [2.24, 2.45) is 0 Å². The van der Waals surface area contributed by atoms with Crippen molar-refractivity contribution >= 4 is 21.6 Å². The van der Waals surface area contributed by atoms with Crippen LogP contribution in [0.5, 0.6) is 11.5 Å². The van der Waals surface area contributed by atoms with Gasteiger partial charge in [0, 0.05) is 12.7 Å². The van der Waals surface area contributed by atoms with Gasteiger partial charge in [-0.2, -0.15) is 4.31 Å². The van der Waals surface area contributed by atoms with Crippen molar-refractivity contribution in [1.82, 2.24) is 4.31 Å². The highest BCUT2D eigenvalue weighted by atomic mass is 32.2. The van der Waals surface area contributed by atoms with E-state index in [1.165, 1.54) is 13.1 Å². The van der Waals surface area contributed by atoms with Crippen molar-refractivity contribution in [2.75, 3.05) is 32.1 Å². The first-order chi connectivity index (χ1) is 13.3. The molecule has 28 heavy (non-hydrogen) atoms. The molecule has 2 rings (SSSR count). The highest BCUT2D eigenvalue weighted by Crippen LogP contribution is 2.23. The third-order valence-electron chi connectivity index (χ3n) is 3.97. The van der Waals surface area contributed by atoms with Crippen molar-refractivity contribution in [3.63, 3.8) is 0 Å². The molecule has 0 saturated carbocycles. The summed E-state index contributed by atoms with van der Waals surface area (Å²) >= 11 is 0. The Balaban J connectivity index is 2.04. The SMILES string of the molecule is CCOc1ccc(NC(=O)CN(C)S(=O)(=O)c2ccc(OCC)c(C)c2)cc1. The second-order valence-electron chi connectivity index (χ2n) is 6.13. The Morgan fingerprint density at radius 2 is 1.68 bits per heavy atom. The van der Waals surface area contributed by atoms with Crippen LogP contribution in [0.25, 0.3) is 0 Å². The number of likely N-dealkylation sites (N-methyl/N-ethyl adjacent to an activating group) is 1. The molecule has 8 heteroatoms. The van der Waals surface area contributed by atoms with Crippen molar-refractivity contribution in [3.05, 3.63) is 48.0 Å². The van der Waals surface area contributed by atoms with Gasteiger partial charge in [-0.25, -0.2) is 8.42 Å². The molecule has 0 aliphatic rings. The average Bonchev–Trinajstić information content (AvgIpc) is 2.65. The molecule has 1 N–H and O–H groups in total. The fourth-order valence-corrected chi connectivity index (χ4v) is 3.78. The molecular weight excluding hydrogens is 380 g/mol. The highest BCUT2D eigenvalue weighted by molar-refractivity contribution is 7.89. The number of sulfonamides is 1. The second kappa shape index (κ2) is 9.57. The number of hydrogen-bond acceptors (Lipinski definition) is 5. The lowest BCUT2D eigenvalue weighted by Crippen LogP contribution is -2.35. The maximum Gasteiger partial charge on any atom is 0.243 e. The number of carbonyl (C=O) groups excluding carboxylic acids is 1. The van der Waals surface area contributed by atoms with Crippen LogP contribution in [0.3, 0.4) is 0 Å². The standard InChI is InChI=1S/C20H26N2O5S/c1-5-26-17-9-7-16(8-10-17)21-20(23)14-22(4)28(24,25)18-11-12-19(27-6-2)15(3)13-18/h7-13H,5-6,14H2,1-4H3,(H,21,23). The van der Waals surface area contributed by atoms with Crippen LogP contribution in [-0.2, 0) is 14.8 Å². The summed E-state index contributed by atoms with van der Waals surface area (Å²) in [4.78, 5) is 12.4. The van der Waals surface area contributed by atoms with Gasteiger partial charge in [0.15, 0.2) is 0 Å². The normalized spacial score (nSPS) is 11.3. The number of amides is 1. The number of ether oxygens (including phenoxy) is 2. The largest absolute Gasteiger partial charge is 0.494 e. The quantitative estimate of drug-likeness (QED) is 0.692. The zero-order chi connectivity index (χ0) is 20.7.